The van der Waals surface area contributed by atoms with E-state index in [-0.39, 0.29) is 46.0 Å². The van der Waals surface area contributed by atoms with Crippen molar-refractivity contribution in [1.82, 2.24) is 4.57 Å². The van der Waals surface area contributed by atoms with Crippen LogP contribution in [0.2, 0.25) is 0 Å². The van der Waals surface area contributed by atoms with Gasteiger partial charge in [0.2, 0.25) is 0 Å². The molecule has 2 aliphatic rings. The van der Waals surface area contributed by atoms with Crippen LogP contribution < -0.4 is 0 Å². The Labute approximate surface area is 196 Å². The number of ketones is 2. The van der Waals surface area contributed by atoms with Crippen molar-refractivity contribution in [3.8, 4) is 4.56 Å². The second-order valence-corrected chi connectivity index (χ2v) is 12.8. The van der Waals surface area contributed by atoms with E-state index in [2.05, 4.69) is 66.9 Å². The fourth-order valence-corrected chi connectivity index (χ4v) is 9.66. The zero-order chi connectivity index (χ0) is 21.8. The van der Waals surface area contributed by atoms with Crippen molar-refractivity contribution in [1.29, 1.82) is 0 Å². The summed E-state index contributed by atoms with van der Waals surface area (Å²) in [4.78, 5) is 29.6. The number of allylic oxidation sites excluding steroid dienone is 1. The summed E-state index contributed by atoms with van der Waals surface area (Å²) < 4.78 is 4.85. The van der Waals surface area contributed by atoms with Gasteiger partial charge in [0.25, 0.3) is 0 Å². The van der Waals surface area contributed by atoms with Gasteiger partial charge in [-0.1, -0.05) is 0 Å². The van der Waals surface area contributed by atoms with E-state index in [9.17, 15) is 9.59 Å². The standard InChI is InChI=1S/C27H17NO2Se2/c1-27(2)20-8-5-7-16-15-6-3-4-9-22(15)28(23(16)20)26-21(27)11-14(32-26)10-17-24(29)18-12-31-13-19(18)25(17)30/h3-13H,1-2H3. The summed E-state index contributed by atoms with van der Waals surface area (Å²) in [5.74, 6) is -0.197. The number of carbonyl (C=O) groups excluding carboxylic acids is 2. The van der Waals surface area contributed by atoms with Gasteiger partial charge >= 0.3 is 197 Å². The van der Waals surface area contributed by atoms with Crippen molar-refractivity contribution in [2.45, 2.75) is 19.3 Å². The number of para-hydroxylation sites is 2. The third kappa shape index (κ3) is 2.22. The molecule has 7 rings (SSSR count). The topological polar surface area (TPSA) is 39.1 Å². The third-order valence-corrected chi connectivity index (χ3v) is 10.7. The van der Waals surface area contributed by atoms with Crippen molar-refractivity contribution in [2.24, 2.45) is 0 Å². The molecule has 1 aliphatic heterocycles. The van der Waals surface area contributed by atoms with Gasteiger partial charge in [-0.15, -0.1) is 0 Å². The van der Waals surface area contributed by atoms with E-state index < -0.39 is 0 Å². The Morgan fingerprint density at radius 2 is 1.59 bits per heavy atom. The van der Waals surface area contributed by atoms with Crippen LogP contribution in [-0.4, -0.2) is 45.1 Å². The number of carbonyl (C=O) groups is 2. The van der Waals surface area contributed by atoms with Gasteiger partial charge in [0.15, 0.2) is 0 Å². The predicted octanol–water partition coefficient (Wildman–Crippen LogP) is 5.00. The monoisotopic (exact) mass is 547 g/mol. The van der Waals surface area contributed by atoms with Crippen LogP contribution >= 0.6 is 0 Å². The molecule has 0 bridgehead atoms. The summed E-state index contributed by atoms with van der Waals surface area (Å²) in [7, 11) is 0. The SMILES string of the molecule is CC1(C)c2cc(C=C3C(=O)c4c[se]cc4C3=O)[se]c2-n2c3ccccc3c3cccc1c32. The zero-order valence-corrected chi connectivity index (χ0v) is 20.9. The second kappa shape index (κ2) is 6.21. The number of hydrogen-bond acceptors (Lipinski definition) is 2. The summed E-state index contributed by atoms with van der Waals surface area (Å²) in [6.07, 6.45) is 1.87. The molecule has 154 valence electrons. The van der Waals surface area contributed by atoms with E-state index in [0.717, 1.165) is 4.44 Å². The maximum absolute atomic E-state index is 12.9. The molecule has 0 spiro atoms. The van der Waals surface area contributed by atoms with E-state index in [1.165, 1.54) is 37.5 Å². The first-order valence-corrected chi connectivity index (χ1v) is 14.2. The average Bonchev–Trinajstić information content (AvgIpc) is 3.54. The maximum atomic E-state index is 12.9. The number of fused-ring (bicyclic) bond motifs is 6. The molecule has 0 N–H and O–H groups in total. The molecule has 0 unspecified atom stereocenters. The van der Waals surface area contributed by atoms with Gasteiger partial charge < -0.3 is 0 Å². The fourth-order valence-electron chi connectivity index (χ4n) is 5.28. The number of nitrogens with zero attached hydrogens (tertiary/aromatic N) is 1. The Bertz CT molecular complexity index is 1660. The number of rotatable bonds is 1. The van der Waals surface area contributed by atoms with Gasteiger partial charge in [-0.25, -0.2) is 0 Å². The molecular weight excluding hydrogens is 528 g/mol. The number of hydrogen-bond donors (Lipinski definition) is 0. The van der Waals surface area contributed by atoms with Gasteiger partial charge in [0, 0.05) is 0 Å². The van der Waals surface area contributed by atoms with Crippen LogP contribution in [-0.2, 0) is 5.41 Å². The fraction of sp³-hybridized carbons (Fsp3) is 0.111. The molecule has 0 atom stereocenters. The zero-order valence-electron chi connectivity index (χ0n) is 17.4. The Balaban J connectivity index is 1.51. The third-order valence-electron chi connectivity index (χ3n) is 6.90. The molecule has 5 aromatic rings. The van der Waals surface area contributed by atoms with Crippen LogP contribution in [0.5, 0.6) is 0 Å². The Morgan fingerprint density at radius 3 is 2.38 bits per heavy atom. The quantitative estimate of drug-likeness (QED) is 0.169. The molecule has 1 aliphatic carbocycles. The molecule has 32 heavy (non-hydrogen) atoms. The van der Waals surface area contributed by atoms with Crippen molar-refractivity contribution in [2.75, 3.05) is 0 Å². The van der Waals surface area contributed by atoms with Crippen LogP contribution in [0, 0.1) is 0 Å². The molecule has 0 saturated carbocycles. The van der Waals surface area contributed by atoms with Crippen molar-refractivity contribution in [3.63, 3.8) is 0 Å². The van der Waals surface area contributed by atoms with Gasteiger partial charge in [-0.3, -0.25) is 0 Å². The normalized spacial score (nSPS) is 16.1. The summed E-state index contributed by atoms with van der Waals surface area (Å²) in [5, 5.41) is 2.56. The molecular formula is C27H17NO2Se2. The number of benzene rings is 2. The van der Waals surface area contributed by atoms with Crippen molar-refractivity contribution >= 4 is 68.5 Å². The van der Waals surface area contributed by atoms with E-state index in [1.807, 2.05) is 16.0 Å². The van der Waals surface area contributed by atoms with Gasteiger partial charge in [0.05, 0.1) is 0 Å². The summed E-state index contributed by atoms with van der Waals surface area (Å²) >= 11 is 0.141. The first-order valence-electron chi connectivity index (χ1n) is 10.5. The number of Topliss-reactive ketones (excluding diaryl/α,β-unsaturated/α-hetero) is 2. The Kier molecular flexibility index (Phi) is 3.66. The molecule has 2 aromatic carbocycles. The van der Waals surface area contributed by atoms with E-state index >= 15 is 0 Å². The van der Waals surface area contributed by atoms with Gasteiger partial charge in [-0.2, -0.15) is 0 Å². The molecule has 3 nitrogen and oxygen atoms in total. The molecule has 0 fully saturated rings. The van der Waals surface area contributed by atoms with E-state index in [4.69, 9.17) is 0 Å². The predicted molar refractivity (Wildman–Crippen MR) is 130 cm³/mol. The molecule has 0 saturated heterocycles. The minimum atomic E-state index is -0.144. The van der Waals surface area contributed by atoms with E-state index in [1.54, 1.807) is 0 Å². The number of aromatic nitrogens is 1. The van der Waals surface area contributed by atoms with E-state index in [0.29, 0.717) is 16.7 Å². The first kappa shape index (κ1) is 18.8. The first-order chi connectivity index (χ1) is 15.5. The Hall–Kier alpha value is -2.68. The summed E-state index contributed by atoms with van der Waals surface area (Å²) in [6, 6.07) is 17.4. The van der Waals surface area contributed by atoms with Crippen LogP contribution in [0.4, 0.5) is 0 Å². The van der Waals surface area contributed by atoms with Crippen molar-refractivity contribution in [3.05, 3.63) is 90.7 Å². The second-order valence-electron chi connectivity index (χ2n) is 8.96. The van der Waals surface area contributed by atoms with Crippen LogP contribution in [0.15, 0.2) is 64.0 Å². The molecule has 0 amide bonds. The van der Waals surface area contributed by atoms with Crippen LogP contribution in [0.25, 0.3) is 32.4 Å². The molecule has 0 radical (unpaired) electrons. The summed E-state index contributed by atoms with van der Waals surface area (Å²) in [5.41, 5.74) is 6.57. The van der Waals surface area contributed by atoms with Gasteiger partial charge in [0.1, 0.15) is 0 Å². The minimum absolute atomic E-state index is 0.00676. The molecule has 4 heterocycles. The Morgan fingerprint density at radius 1 is 0.875 bits per heavy atom. The van der Waals surface area contributed by atoms with Crippen LogP contribution in [0.3, 0.4) is 0 Å². The average molecular weight is 545 g/mol. The molecule has 5 heteroatoms. The van der Waals surface area contributed by atoms with Crippen molar-refractivity contribution < 1.29 is 9.59 Å². The van der Waals surface area contributed by atoms with Gasteiger partial charge in [-0.05, 0) is 0 Å². The summed E-state index contributed by atoms with van der Waals surface area (Å²) in [6.45, 7) is 4.57. The molecule has 3 aromatic heterocycles. The van der Waals surface area contributed by atoms with Crippen LogP contribution in [0.1, 0.15) is 50.1 Å².